The Labute approximate surface area is 249 Å². The zero-order valence-corrected chi connectivity index (χ0v) is 25.9. The van der Waals surface area contributed by atoms with Crippen LogP contribution in [0.5, 0.6) is 5.88 Å². The molecule has 3 heterocycles. The van der Waals surface area contributed by atoms with Gasteiger partial charge < -0.3 is 14.5 Å². The first-order chi connectivity index (χ1) is 20.0. The first-order valence-corrected chi connectivity index (χ1v) is 16.2. The second-order valence-corrected chi connectivity index (χ2v) is 13.8. The number of rotatable bonds is 4. The van der Waals surface area contributed by atoms with Gasteiger partial charge in [-0.3, -0.25) is 4.79 Å². The summed E-state index contributed by atoms with van der Waals surface area (Å²) in [6.07, 6.45) is 2.60. The van der Waals surface area contributed by atoms with Gasteiger partial charge in [-0.25, -0.2) is 18.1 Å². The third-order valence-electron chi connectivity index (χ3n) is 8.17. The highest BCUT2D eigenvalue weighted by Gasteiger charge is 2.31. The number of hydrogen-bond acceptors (Lipinski definition) is 7. The third-order valence-corrected chi connectivity index (χ3v) is 9.50. The number of fused-ring (bicyclic) bond motifs is 4. The van der Waals surface area contributed by atoms with Gasteiger partial charge in [-0.05, 0) is 88.5 Å². The summed E-state index contributed by atoms with van der Waals surface area (Å²) in [5, 5.41) is 0. The van der Waals surface area contributed by atoms with Crippen LogP contribution in [0.4, 0.5) is 5.95 Å². The number of aromatic nitrogens is 2. The summed E-state index contributed by atoms with van der Waals surface area (Å²) in [7, 11) is -2.00. The number of anilines is 1. The number of sulfonamides is 1. The third kappa shape index (κ3) is 6.76. The SMILES string of the molecule is Cc1cccc(C)c1-c1cc2nc(n1)NS(=O)(=O)c1cccc(c1)C(=O)N(C1CCN(C)CC1)C[C@@H](CC(C)C)CO2. The van der Waals surface area contributed by atoms with Gasteiger partial charge in [-0.1, -0.05) is 38.1 Å². The maximum absolute atomic E-state index is 14.1. The average Bonchev–Trinajstić information content (AvgIpc) is 2.94. The molecule has 5 rings (SSSR count). The number of likely N-dealkylation sites (tertiary alicyclic amines) is 1. The quantitative estimate of drug-likeness (QED) is 0.447. The zero-order valence-electron chi connectivity index (χ0n) is 25.1. The van der Waals surface area contributed by atoms with Crippen molar-refractivity contribution >= 4 is 21.9 Å². The van der Waals surface area contributed by atoms with Crippen LogP contribution in [-0.4, -0.2) is 73.4 Å². The number of nitrogens with zero attached hydrogens (tertiary/aromatic N) is 4. The molecule has 10 heteroatoms. The van der Waals surface area contributed by atoms with Gasteiger partial charge in [-0.15, -0.1) is 0 Å². The number of ether oxygens (including phenoxy) is 1. The fourth-order valence-corrected chi connectivity index (χ4v) is 7.07. The van der Waals surface area contributed by atoms with Gasteiger partial charge in [0.1, 0.15) is 0 Å². The summed E-state index contributed by atoms with van der Waals surface area (Å²) in [5.74, 6) is 0.510. The van der Waals surface area contributed by atoms with E-state index >= 15 is 0 Å². The first-order valence-electron chi connectivity index (χ1n) is 14.7. The number of aryl methyl sites for hydroxylation is 2. The molecule has 9 nitrogen and oxygen atoms in total. The number of amides is 1. The van der Waals surface area contributed by atoms with Gasteiger partial charge in [-0.2, -0.15) is 4.98 Å². The minimum Gasteiger partial charge on any atom is -0.477 e. The van der Waals surface area contributed by atoms with Crippen molar-refractivity contribution in [3.63, 3.8) is 0 Å². The van der Waals surface area contributed by atoms with E-state index in [0.29, 0.717) is 30.3 Å². The van der Waals surface area contributed by atoms with Crippen molar-refractivity contribution < 1.29 is 17.9 Å². The normalized spacial score (nSPS) is 20.1. The molecule has 0 aliphatic carbocycles. The van der Waals surface area contributed by atoms with Crippen LogP contribution in [0, 0.1) is 25.7 Å². The number of carbonyl (C=O) groups is 1. The molecule has 0 saturated carbocycles. The molecule has 0 unspecified atom stereocenters. The summed E-state index contributed by atoms with van der Waals surface area (Å²) in [5.41, 5.74) is 3.87. The highest BCUT2D eigenvalue weighted by molar-refractivity contribution is 7.92. The number of carbonyl (C=O) groups excluding carboxylic acids is 1. The molecule has 2 aromatic carbocycles. The minimum atomic E-state index is -4.09. The molecule has 4 bridgehead atoms. The summed E-state index contributed by atoms with van der Waals surface area (Å²) in [6.45, 7) is 11.0. The Morgan fingerprint density at radius 2 is 1.71 bits per heavy atom. The average molecular weight is 592 g/mol. The molecule has 2 aliphatic heterocycles. The molecule has 1 atom stereocenters. The minimum absolute atomic E-state index is 0.0176. The number of benzene rings is 2. The predicted molar refractivity (Wildman–Crippen MR) is 164 cm³/mol. The van der Waals surface area contributed by atoms with Crippen molar-refractivity contribution in [3.8, 4) is 17.1 Å². The van der Waals surface area contributed by atoms with Gasteiger partial charge in [0.25, 0.3) is 15.9 Å². The lowest BCUT2D eigenvalue weighted by molar-refractivity contribution is 0.0497. The van der Waals surface area contributed by atoms with E-state index in [1.165, 1.54) is 12.1 Å². The van der Waals surface area contributed by atoms with Crippen LogP contribution >= 0.6 is 0 Å². The summed E-state index contributed by atoms with van der Waals surface area (Å²) >= 11 is 0. The standard InChI is InChI=1S/C32H41N5O4S/c1-21(2)16-24-19-37(26-12-14-36(5)15-13-26)31(38)25-10-7-11-27(17-25)42(39,40)35-32-33-28(18-29(34-32)41-20-24)30-22(3)8-6-9-23(30)4/h6-11,17-18,21,24,26H,12-16,19-20H2,1-5H3,(H,33,34,35)/t24-/m1/s1. The van der Waals surface area contributed by atoms with Crippen molar-refractivity contribution in [3.05, 3.63) is 65.2 Å². The highest BCUT2D eigenvalue weighted by Crippen LogP contribution is 2.31. The van der Waals surface area contributed by atoms with Crippen LogP contribution in [0.15, 0.2) is 53.4 Å². The van der Waals surface area contributed by atoms with Gasteiger partial charge >= 0.3 is 0 Å². The molecule has 1 fully saturated rings. The molecule has 1 amide bonds. The van der Waals surface area contributed by atoms with E-state index in [9.17, 15) is 13.2 Å². The van der Waals surface area contributed by atoms with Crippen molar-refractivity contribution in [2.24, 2.45) is 11.8 Å². The van der Waals surface area contributed by atoms with Crippen LogP contribution in [0.2, 0.25) is 0 Å². The number of piperidine rings is 1. The highest BCUT2D eigenvalue weighted by atomic mass is 32.2. The van der Waals surface area contributed by atoms with E-state index in [4.69, 9.17) is 4.74 Å². The molecule has 2 aliphatic rings. The Morgan fingerprint density at radius 3 is 2.40 bits per heavy atom. The number of hydrogen-bond donors (Lipinski definition) is 1. The maximum atomic E-state index is 14.1. The van der Waals surface area contributed by atoms with Crippen molar-refractivity contribution in [2.75, 3.05) is 38.0 Å². The summed E-state index contributed by atoms with van der Waals surface area (Å²) < 4.78 is 36.0. The molecule has 42 heavy (non-hydrogen) atoms. The van der Waals surface area contributed by atoms with Gasteiger partial charge in [0.2, 0.25) is 11.8 Å². The Hall–Kier alpha value is -3.50. The fourth-order valence-electron chi connectivity index (χ4n) is 6.08. The lowest BCUT2D eigenvalue weighted by Gasteiger charge is -2.39. The maximum Gasteiger partial charge on any atom is 0.264 e. The molecular weight excluding hydrogens is 550 g/mol. The van der Waals surface area contributed by atoms with Crippen LogP contribution in [-0.2, 0) is 10.0 Å². The van der Waals surface area contributed by atoms with E-state index in [-0.39, 0.29) is 34.6 Å². The molecule has 1 saturated heterocycles. The molecule has 1 N–H and O–H groups in total. The Bertz CT molecular complexity index is 1530. The van der Waals surface area contributed by atoms with E-state index in [0.717, 1.165) is 49.0 Å². The molecule has 224 valence electrons. The van der Waals surface area contributed by atoms with Gasteiger partial charge in [0.05, 0.1) is 17.2 Å². The first kappa shape index (κ1) is 30.0. The van der Waals surface area contributed by atoms with E-state index < -0.39 is 10.0 Å². The van der Waals surface area contributed by atoms with E-state index in [1.54, 1.807) is 18.2 Å². The van der Waals surface area contributed by atoms with Gasteiger partial charge in [0, 0.05) is 35.7 Å². The second-order valence-electron chi connectivity index (χ2n) is 12.1. The lowest BCUT2D eigenvalue weighted by atomic mass is 9.94. The molecular formula is C32H41N5O4S. The molecule has 0 spiro atoms. The molecule has 0 radical (unpaired) electrons. The van der Waals surface area contributed by atoms with Crippen molar-refractivity contribution in [1.82, 2.24) is 19.8 Å². The van der Waals surface area contributed by atoms with Crippen LogP contribution < -0.4 is 9.46 Å². The smallest absolute Gasteiger partial charge is 0.264 e. The zero-order chi connectivity index (χ0) is 30.0. The van der Waals surface area contributed by atoms with Crippen LogP contribution in [0.1, 0.15) is 54.6 Å². The predicted octanol–water partition coefficient (Wildman–Crippen LogP) is 5.15. The Kier molecular flexibility index (Phi) is 8.84. The van der Waals surface area contributed by atoms with Crippen molar-refractivity contribution in [1.29, 1.82) is 0 Å². The van der Waals surface area contributed by atoms with E-state index in [1.807, 2.05) is 36.9 Å². The topological polar surface area (TPSA) is 105 Å². The lowest BCUT2D eigenvalue weighted by Crippen LogP contribution is -2.49. The second kappa shape index (κ2) is 12.4. The Morgan fingerprint density at radius 1 is 1.02 bits per heavy atom. The molecule has 3 aromatic rings. The monoisotopic (exact) mass is 591 g/mol. The fraction of sp³-hybridized carbons (Fsp3) is 0.469. The van der Waals surface area contributed by atoms with Crippen LogP contribution in [0.3, 0.4) is 0 Å². The van der Waals surface area contributed by atoms with Crippen molar-refractivity contribution in [2.45, 2.75) is 57.9 Å². The number of nitrogens with one attached hydrogen (secondary N) is 1. The largest absolute Gasteiger partial charge is 0.477 e. The molecule has 1 aromatic heterocycles. The van der Waals surface area contributed by atoms with Gasteiger partial charge in [0.15, 0.2) is 0 Å². The summed E-state index contributed by atoms with van der Waals surface area (Å²) in [6, 6.07) is 14.1. The van der Waals surface area contributed by atoms with E-state index in [2.05, 4.69) is 40.5 Å². The Balaban J connectivity index is 1.61. The summed E-state index contributed by atoms with van der Waals surface area (Å²) in [4.78, 5) is 27.4. The van der Waals surface area contributed by atoms with Crippen LogP contribution in [0.25, 0.3) is 11.3 Å².